The van der Waals surface area contributed by atoms with Crippen LogP contribution in [0.4, 0.5) is 0 Å². The summed E-state index contributed by atoms with van der Waals surface area (Å²) in [6, 6.07) is 9.08. The van der Waals surface area contributed by atoms with E-state index in [1.807, 2.05) is 0 Å². The number of Topliss-reactive ketones (excluding diaryl/α,β-unsaturated/α-hetero) is 4. The fourth-order valence-electron chi connectivity index (χ4n) is 2.27. The molecular formula is C20H18O5. The molecule has 2 aromatic rings. The number of ether oxygens (including phenoxy) is 1. The molecule has 0 atom stereocenters. The van der Waals surface area contributed by atoms with Gasteiger partial charge in [0.2, 0.25) is 0 Å². The summed E-state index contributed by atoms with van der Waals surface area (Å²) in [7, 11) is 0. The van der Waals surface area contributed by atoms with Gasteiger partial charge in [0.05, 0.1) is 0 Å². The molecule has 0 aliphatic carbocycles. The van der Waals surface area contributed by atoms with E-state index in [9.17, 15) is 19.2 Å². The molecule has 128 valence electrons. The Kier molecular flexibility index (Phi) is 5.27. The third-order valence-corrected chi connectivity index (χ3v) is 3.67. The summed E-state index contributed by atoms with van der Waals surface area (Å²) in [6.45, 7) is 5.58. The standard InChI is InChI=1S/C20H18O5/c1-11(21)15-5-16(12(2)22)8-19(7-15)25-20-9-17(13(3)23)6-18(10-20)14(4)24/h5-10H,1-4H3. The highest BCUT2D eigenvalue weighted by Gasteiger charge is 2.12. The Morgan fingerprint density at radius 2 is 0.760 bits per heavy atom. The van der Waals surface area contributed by atoms with Gasteiger partial charge in [0.15, 0.2) is 23.1 Å². The Balaban J connectivity index is 2.51. The first-order valence-electron chi connectivity index (χ1n) is 7.69. The fraction of sp³-hybridized carbons (Fsp3) is 0.200. The number of ketones is 4. The Labute approximate surface area is 145 Å². The van der Waals surface area contributed by atoms with Gasteiger partial charge in [0.1, 0.15) is 11.5 Å². The summed E-state index contributed by atoms with van der Waals surface area (Å²) in [5.74, 6) is -0.226. The van der Waals surface area contributed by atoms with Crippen molar-refractivity contribution in [2.75, 3.05) is 0 Å². The van der Waals surface area contributed by atoms with E-state index in [1.165, 1.54) is 64.1 Å². The minimum atomic E-state index is -0.199. The fourth-order valence-corrected chi connectivity index (χ4v) is 2.27. The summed E-state index contributed by atoms with van der Waals surface area (Å²) >= 11 is 0. The minimum Gasteiger partial charge on any atom is -0.457 e. The van der Waals surface area contributed by atoms with E-state index in [1.54, 1.807) is 0 Å². The maximum absolute atomic E-state index is 11.7. The SMILES string of the molecule is CC(=O)c1cc(Oc2cc(C(C)=O)cc(C(C)=O)c2)cc(C(C)=O)c1. The van der Waals surface area contributed by atoms with Crippen LogP contribution in [0, 0.1) is 0 Å². The lowest BCUT2D eigenvalue weighted by atomic mass is 10.0. The molecular weight excluding hydrogens is 320 g/mol. The van der Waals surface area contributed by atoms with Gasteiger partial charge in [-0.15, -0.1) is 0 Å². The molecule has 0 saturated carbocycles. The van der Waals surface area contributed by atoms with Crippen molar-refractivity contribution in [3.63, 3.8) is 0 Å². The van der Waals surface area contributed by atoms with Crippen molar-refractivity contribution in [3.05, 3.63) is 58.7 Å². The first-order chi connectivity index (χ1) is 11.7. The predicted octanol–water partition coefficient (Wildman–Crippen LogP) is 4.29. The smallest absolute Gasteiger partial charge is 0.159 e. The topological polar surface area (TPSA) is 77.5 Å². The number of carbonyl (C=O) groups excluding carboxylic acids is 4. The zero-order valence-corrected chi connectivity index (χ0v) is 14.5. The third-order valence-electron chi connectivity index (χ3n) is 3.67. The van der Waals surface area contributed by atoms with Crippen LogP contribution in [0.15, 0.2) is 36.4 Å². The molecule has 0 N–H and O–H groups in total. The quantitative estimate of drug-likeness (QED) is 0.734. The summed E-state index contributed by atoms with van der Waals surface area (Å²) in [5.41, 5.74) is 1.38. The lowest BCUT2D eigenvalue weighted by molar-refractivity contribution is 0.0998. The summed E-state index contributed by atoms with van der Waals surface area (Å²) in [4.78, 5) is 46.6. The summed E-state index contributed by atoms with van der Waals surface area (Å²) in [5, 5.41) is 0. The molecule has 5 heteroatoms. The van der Waals surface area contributed by atoms with Crippen molar-refractivity contribution in [1.29, 1.82) is 0 Å². The molecule has 0 unspecified atom stereocenters. The van der Waals surface area contributed by atoms with Crippen LogP contribution in [0.1, 0.15) is 69.1 Å². The maximum Gasteiger partial charge on any atom is 0.159 e. The van der Waals surface area contributed by atoms with Gasteiger partial charge in [-0.1, -0.05) is 0 Å². The number of hydrogen-bond acceptors (Lipinski definition) is 5. The highest BCUT2D eigenvalue weighted by atomic mass is 16.5. The van der Waals surface area contributed by atoms with E-state index in [0.29, 0.717) is 22.3 Å². The molecule has 0 fully saturated rings. The number of hydrogen-bond donors (Lipinski definition) is 0. The maximum atomic E-state index is 11.7. The van der Waals surface area contributed by atoms with Crippen molar-refractivity contribution in [2.24, 2.45) is 0 Å². The van der Waals surface area contributed by atoms with Crippen LogP contribution in [0.2, 0.25) is 0 Å². The van der Waals surface area contributed by atoms with Crippen molar-refractivity contribution >= 4 is 23.1 Å². The molecule has 0 radical (unpaired) electrons. The van der Waals surface area contributed by atoms with Gasteiger partial charge in [-0.25, -0.2) is 0 Å². The van der Waals surface area contributed by atoms with Crippen LogP contribution in [0.5, 0.6) is 11.5 Å². The molecule has 0 aromatic heterocycles. The van der Waals surface area contributed by atoms with Crippen LogP contribution in [-0.2, 0) is 0 Å². The van der Waals surface area contributed by atoms with E-state index < -0.39 is 0 Å². The van der Waals surface area contributed by atoms with Crippen LogP contribution in [0.25, 0.3) is 0 Å². The average Bonchev–Trinajstić information content (AvgIpc) is 2.53. The molecule has 0 bridgehead atoms. The lowest BCUT2D eigenvalue weighted by Crippen LogP contribution is -2.01. The summed E-state index contributed by atoms with van der Waals surface area (Å²) in [6.07, 6.45) is 0. The molecule has 2 aromatic carbocycles. The molecule has 25 heavy (non-hydrogen) atoms. The zero-order valence-electron chi connectivity index (χ0n) is 14.5. The Hall–Kier alpha value is -3.08. The lowest BCUT2D eigenvalue weighted by Gasteiger charge is -2.11. The van der Waals surface area contributed by atoms with E-state index in [2.05, 4.69) is 0 Å². The second-order valence-electron chi connectivity index (χ2n) is 5.82. The van der Waals surface area contributed by atoms with Gasteiger partial charge in [0, 0.05) is 22.3 Å². The molecule has 2 rings (SSSR count). The zero-order chi connectivity index (χ0) is 18.7. The molecule has 0 aliphatic rings. The van der Waals surface area contributed by atoms with Crippen LogP contribution in [-0.4, -0.2) is 23.1 Å². The van der Waals surface area contributed by atoms with Gasteiger partial charge in [-0.05, 0) is 64.1 Å². The molecule has 0 aliphatic heterocycles. The number of benzene rings is 2. The minimum absolute atomic E-state index is 0.199. The molecule has 0 heterocycles. The second kappa shape index (κ2) is 7.21. The average molecular weight is 338 g/mol. The van der Waals surface area contributed by atoms with Crippen LogP contribution >= 0.6 is 0 Å². The Morgan fingerprint density at radius 3 is 0.960 bits per heavy atom. The normalized spacial score (nSPS) is 10.2. The molecule has 0 saturated heterocycles. The van der Waals surface area contributed by atoms with E-state index in [4.69, 9.17) is 4.74 Å². The van der Waals surface area contributed by atoms with E-state index in [-0.39, 0.29) is 34.6 Å². The Morgan fingerprint density at radius 1 is 0.520 bits per heavy atom. The van der Waals surface area contributed by atoms with Crippen LogP contribution < -0.4 is 4.74 Å². The predicted molar refractivity (Wildman–Crippen MR) is 93.0 cm³/mol. The van der Waals surface area contributed by atoms with E-state index in [0.717, 1.165) is 0 Å². The number of rotatable bonds is 6. The van der Waals surface area contributed by atoms with Gasteiger partial charge in [-0.3, -0.25) is 19.2 Å². The first-order valence-corrected chi connectivity index (χ1v) is 7.69. The van der Waals surface area contributed by atoms with Crippen molar-refractivity contribution in [2.45, 2.75) is 27.7 Å². The number of carbonyl (C=O) groups is 4. The molecule has 0 amide bonds. The van der Waals surface area contributed by atoms with Gasteiger partial charge >= 0.3 is 0 Å². The molecule has 0 spiro atoms. The first kappa shape index (κ1) is 18.3. The van der Waals surface area contributed by atoms with E-state index >= 15 is 0 Å². The van der Waals surface area contributed by atoms with Crippen molar-refractivity contribution in [3.8, 4) is 11.5 Å². The van der Waals surface area contributed by atoms with Gasteiger partial charge in [0.25, 0.3) is 0 Å². The van der Waals surface area contributed by atoms with Crippen molar-refractivity contribution in [1.82, 2.24) is 0 Å². The molecule has 5 nitrogen and oxygen atoms in total. The summed E-state index contributed by atoms with van der Waals surface area (Å²) < 4.78 is 5.73. The largest absolute Gasteiger partial charge is 0.457 e. The second-order valence-corrected chi connectivity index (χ2v) is 5.82. The highest BCUT2D eigenvalue weighted by Crippen LogP contribution is 2.27. The monoisotopic (exact) mass is 338 g/mol. The Bertz CT molecular complexity index is 755. The van der Waals surface area contributed by atoms with Gasteiger partial charge in [-0.2, -0.15) is 0 Å². The highest BCUT2D eigenvalue weighted by molar-refractivity contribution is 6.01. The van der Waals surface area contributed by atoms with Crippen molar-refractivity contribution < 1.29 is 23.9 Å². The van der Waals surface area contributed by atoms with Crippen LogP contribution in [0.3, 0.4) is 0 Å². The van der Waals surface area contributed by atoms with Gasteiger partial charge < -0.3 is 4.74 Å². The third kappa shape index (κ3) is 4.47.